The second-order valence-electron chi connectivity index (χ2n) is 6.62. The molecule has 1 aromatic rings. The third-order valence-electron chi connectivity index (χ3n) is 4.59. The van der Waals surface area contributed by atoms with Crippen LogP contribution in [-0.2, 0) is 14.7 Å². The summed E-state index contributed by atoms with van der Waals surface area (Å²) in [6.45, 7) is 8.04. The Morgan fingerprint density at radius 3 is 2.00 bits per heavy atom. The minimum atomic E-state index is -0.453. The molecule has 5 nitrogen and oxygen atoms in total. The Morgan fingerprint density at radius 2 is 1.60 bits per heavy atom. The molecule has 0 unspecified atom stereocenters. The standard InChI is InChI=1S/C14H18BN3O2/c1-12(2)13(3,4)20-15(19-12)10-7-17-11(18-8-10)14(9-16)5-6-14/h7-8H,5-6H2,1-4H3. The van der Waals surface area contributed by atoms with Crippen LogP contribution in [-0.4, -0.2) is 28.3 Å². The summed E-state index contributed by atoms with van der Waals surface area (Å²) in [4.78, 5) is 8.66. The van der Waals surface area contributed by atoms with Crippen molar-refractivity contribution in [1.82, 2.24) is 9.97 Å². The van der Waals surface area contributed by atoms with Crippen molar-refractivity contribution in [3.8, 4) is 6.07 Å². The molecular weight excluding hydrogens is 253 g/mol. The van der Waals surface area contributed by atoms with E-state index < -0.39 is 12.5 Å². The summed E-state index contributed by atoms with van der Waals surface area (Å²) >= 11 is 0. The molecule has 0 atom stereocenters. The van der Waals surface area contributed by atoms with Crippen molar-refractivity contribution >= 4 is 12.6 Å². The first-order chi connectivity index (χ1) is 9.30. The Kier molecular flexibility index (Phi) is 2.73. The fraction of sp³-hybridized carbons (Fsp3) is 0.643. The van der Waals surface area contributed by atoms with E-state index in [-0.39, 0.29) is 11.2 Å². The molecule has 1 aliphatic heterocycles. The molecule has 0 amide bonds. The zero-order valence-electron chi connectivity index (χ0n) is 12.3. The van der Waals surface area contributed by atoms with Gasteiger partial charge in [0.15, 0.2) is 0 Å². The van der Waals surface area contributed by atoms with Crippen molar-refractivity contribution < 1.29 is 9.31 Å². The van der Waals surface area contributed by atoms with Crippen LogP contribution in [0.25, 0.3) is 0 Å². The van der Waals surface area contributed by atoms with Crippen molar-refractivity contribution in [2.24, 2.45) is 0 Å². The van der Waals surface area contributed by atoms with Crippen LogP contribution in [0.5, 0.6) is 0 Å². The number of hydrogen-bond acceptors (Lipinski definition) is 5. The molecule has 3 rings (SSSR count). The van der Waals surface area contributed by atoms with Gasteiger partial charge in [-0.05, 0) is 40.5 Å². The summed E-state index contributed by atoms with van der Waals surface area (Å²) in [5.74, 6) is 0.611. The van der Waals surface area contributed by atoms with Gasteiger partial charge in [0.05, 0.1) is 17.3 Å². The largest absolute Gasteiger partial charge is 0.498 e. The van der Waals surface area contributed by atoms with Crippen LogP contribution < -0.4 is 5.46 Å². The summed E-state index contributed by atoms with van der Waals surface area (Å²) in [7, 11) is -0.453. The molecule has 1 aliphatic carbocycles. The Labute approximate surface area is 119 Å². The number of nitrogens with zero attached hydrogens (tertiary/aromatic N) is 3. The van der Waals surface area contributed by atoms with Gasteiger partial charge in [-0.2, -0.15) is 5.26 Å². The summed E-state index contributed by atoms with van der Waals surface area (Å²) < 4.78 is 11.9. The van der Waals surface area contributed by atoms with E-state index in [1.54, 1.807) is 12.4 Å². The van der Waals surface area contributed by atoms with E-state index in [1.165, 1.54) is 0 Å². The van der Waals surface area contributed by atoms with Crippen molar-refractivity contribution in [2.75, 3.05) is 0 Å². The second-order valence-corrected chi connectivity index (χ2v) is 6.62. The molecular formula is C14H18BN3O2. The molecule has 1 saturated heterocycles. The predicted octanol–water partition coefficient (Wildman–Crippen LogP) is 1.33. The molecule has 2 fully saturated rings. The third-order valence-corrected chi connectivity index (χ3v) is 4.59. The zero-order valence-corrected chi connectivity index (χ0v) is 12.3. The fourth-order valence-electron chi connectivity index (χ4n) is 2.20. The van der Waals surface area contributed by atoms with Gasteiger partial charge in [0.25, 0.3) is 0 Å². The monoisotopic (exact) mass is 271 g/mol. The maximum absolute atomic E-state index is 9.15. The molecule has 0 spiro atoms. The molecule has 1 saturated carbocycles. The van der Waals surface area contributed by atoms with E-state index in [0.717, 1.165) is 18.3 Å². The Bertz CT molecular complexity index is 557. The topological polar surface area (TPSA) is 68.0 Å². The molecule has 104 valence electrons. The Morgan fingerprint density at radius 1 is 1.10 bits per heavy atom. The van der Waals surface area contributed by atoms with Crippen LogP contribution in [0.3, 0.4) is 0 Å². The smallest absolute Gasteiger partial charge is 0.399 e. The van der Waals surface area contributed by atoms with Crippen molar-refractivity contribution in [3.63, 3.8) is 0 Å². The molecule has 2 aliphatic rings. The molecule has 0 bridgehead atoms. The van der Waals surface area contributed by atoms with Crippen molar-refractivity contribution in [2.45, 2.75) is 57.2 Å². The normalized spacial score (nSPS) is 25.2. The first kappa shape index (κ1) is 13.5. The SMILES string of the molecule is CC1(C)OB(c2cnc(C3(C#N)CC3)nc2)OC1(C)C. The van der Waals surface area contributed by atoms with Gasteiger partial charge in [-0.15, -0.1) is 0 Å². The van der Waals surface area contributed by atoms with Gasteiger partial charge in [0.2, 0.25) is 0 Å². The van der Waals surface area contributed by atoms with Gasteiger partial charge in [-0.3, -0.25) is 0 Å². The molecule has 0 N–H and O–H groups in total. The molecule has 2 heterocycles. The van der Waals surface area contributed by atoms with Gasteiger partial charge >= 0.3 is 7.12 Å². The summed E-state index contributed by atoms with van der Waals surface area (Å²) in [6, 6.07) is 2.30. The lowest BCUT2D eigenvalue weighted by Gasteiger charge is -2.32. The first-order valence-corrected chi connectivity index (χ1v) is 6.89. The summed E-state index contributed by atoms with van der Waals surface area (Å²) in [5, 5.41) is 9.15. The summed E-state index contributed by atoms with van der Waals surface area (Å²) in [5.41, 5.74) is -0.406. The highest BCUT2D eigenvalue weighted by Crippen LogP contribution is 2.45. The molecule has 20 heavy (non-hydrogen) atoms. The van der Waals surface area contributed by atoms with Gasteiger partial charge in [-0.1, -0.05) is 0 Å². The maximum atomic E-state index is 9.15. The van der Waals surface area contributed by atoms with E-state index in [9.17, 15) is 0 Å². The van der Waals surface area contributed by atoms with E-state index in [4.69, 9.17) is 14.6 Å². The Balaban J connectivity index is 1.82. The van der Waals surface area contributed by atoms with Crippen molar-refractivity contribution in [1.29, 1.82) is 5.26 Å². The van der Waals surface area contributed by atoms with Gasteiger partial charge in [-0.25, -0.2) is 9.97 Å². The molecule has 0 aromatic carbocycles. The number of rotatable bonds is 2. The second kappa shape index (κ2) is 4.03. The van der Waals surface area contributed by atoms with Gasteiger partial charge in [0, 0.05) is 17.9 Å². The predicted molar refractivity (Wildman–Crippen MR) is 74.3 cm³/mol. The number of hydrogen-bond donors (Lipinski definition) is 0. The first-order valence-electron chi connectivity index (χ1n) is 6.89. The third kappa shape index (κ3) is 1.93. The van der Waals surface area contributed by atoms with E-state index in [1.807, 2.05) is 27.7 Å². The minimum Gasteiger partial charge on any atom is -0.399 e. The number of nitriles is 1. The van der Waals surface area contributed by atoms with Crippen LogP contribution in [0.2, 0.25) is 0 Å². The van der Waals surface area contributed by atoms with Crippen LogP contribution in [0.15, 0.2) is 12.4 Å². The highest BCUT2D eigenvalue weighted by Gasteiger charge is 2.52. The minimum absolute atomic E-state index is 0.374. The van der Waals surface area contributed by atoms with Crippen molar-refractivity contribution in [3.05, 3.63) is 18.2 Å². The molecule has 0 radical (unpaired) electrons. The van der Waals surface area contributed by atoms with Crippen LogP contribution in [0.4, 0.5) is 0 Å². The highest BCUT2D eigenvalue weighted by molar-refractivity contribution is 6.61. The van der Waals surface area contributed by atoms with Crippen LogP contribution >= 0.6 is 0 Å². The average Bonchev–Trinajstić information content (AvgIpc) is 3.14. The average molecular weight is 271 g/mol. The van der Waals surface area contributed by atoms with E-state index >= 15 is 0 Å². The van der Waals surface area contributed by atoms with Gasteiger partial charge in [0.1, 0.15) is 11.2 Å². The summed E-state index contributed by atoms with van der Waals surface area (Å²) in [6.07, 6.45) is 5.11. The van der Waals surface area contributed by atoms with E-state index in [0.29, 0.717) is 5.82 Å². The number of aromatic nitrogens is 2. The maximum Gasteiger partial charge on any atom is 0.498 e. The van der Waals surface area contributed by atoms with Crippen LogP contribution in [0, 0.1) is 11.3 Å². The molecule has 1 aromatic heterocycles. The zero-order chi connectivity index (χ0) is 14.6. The lowest BCUT2D eigenvalue weighted by Crippen LogP contribution is -2.41. The quantitative estimate of drug-likeness (QED) is 0.759. The Hall–Kier alpha value is -1.45. The van der Waals surface area contributed by atoms with Gasteiger partial charge < -0.3 is 9.31 Å². The fourth-order valence-corrected chi connectivity index (χ4v) is 2.20. The van der Waals surface area contributed by atoms with E-state index in [2.05, 4.69) is 16.0 Å². The molecule has 6 heteroatoms. The lowest BCUT2D eigenvalue weighted by atomic mass is 9.81. The van der Waals surface area contributed by atoms with Crippen LogP contribution in [0.1, 0.15) is 46.4 Å². The highest BCUT2D eigenvalue weighted by atomic mass is 16.7. The lowest BCUT2D eigenvalue weighted by molar-refractivity contribution is 0.00578.